The molecule has 25 heavy (non-hydrogen) atoms. The van der Waals surface area contributed by atoms with Crippen molar-refractivity contribution in [3.05, 3.63) is 29.6 Å². The summed E-state index contributed by atoms with van der Waals surface area (Å²) < 4.78 is 19.2. The fourth-order valence-electron chi connectivity index (χ4n) is 2.71. The van der Waals surface area contributed by atoms with Crippen molar-refractivity contribution in [3.8, 4) is 0 Å². The molecule has 7 heteroatoms. The number of nitrogens with two attached hydrogens (primary N) is 1. The third-order valence-electron chi connectivity index (χ3n) is 3.97. The number of rotatable bonds is 3. The molecule has 0 spiro atoms. The highest BCUT2D eigenvalue weighted by atomic mass is 19.1. The normalized spacial score (nSPS) is 18.0. The number of likely N-dealkylation sites (tertiary alicyclic amines) is 1. The summed E-state index contributed by atoms with van der Waals surface area (Å²) in [4.78, 5) is 26.2. The molecule has 0 aromatic heterocycles. The Bertz CT molecular complexity index is 643. The Morgan fingerprint density at radius 1 is 1.40 bits per heavy atom. The predicted octanol–water partition coefficient (Wildman–Crippen LogP) is 2.87. The maximum Gasteiger partial charge on any atom is 0.410 e. The van der Waals surface area contributed by atoms with E-state index in [4.69, 9.17) is 10.5 Å². The maximum atomic E-state index is 13.9. The number of anilines is 1. The number of nitrogens with one attached hydrogen (secondary N) is 1. The molecule has 1 fully saturated rings. The van der Waals surface area contributed by atoms with Crippen LogP contribution in [0.25, 0.3) is 0 Å². The van der Waals surface area contributed by atoms with Gasteiger partial charge in [-0.05, 0) is 51.3 Å². The number of halogens is 1. The number of carbonyl (C=O) groups excluding carboxylic acids is 2. The number of piperidine rings is 1. The van der Waals surface area contributed by atoms with Crippen molar-refractivity contribution in [2.45, 2.75) is 45.8 Å². The highest BCUT2D eigenvalue weighted by molar-refractivity contribution is 5.93. The van der Waals surface area contributed by atoms with Crippen LogP contribution in [0.4, 0.5) is 14.9 Å². The number of carbonyl (C=O) groups is 2. The molecule has 3 N–H and O–H groups in total. The van der Waals surface area contributed by atoms with Crippen molar-refractivity contribution < 1.29 is 18.7 Å². The van der Waals surface area contributed by atoms with Gasteiger partial charge in [0.25, 0.3) is 0 Å². The number of hydrogen-bond donors (Lipinski definition) is 2. The molecule has 1 saturated heterocycles. The molecule has 0 saturated carbocycles. The molecule has 0 aliphatic carbocycles. The first-order valence-corrected chi connectivity index (χ1v) is 8.47. The molecule has 1 atom stereocenters. The van der Waals surface area contributed by atoms with Crippen LogP contribution in [0.15, 0.2) is 18.2 Å². The van der Waals surface area contributed by atoms with E-state index in [0.29, 0.717) is 19.4 Å². The zero-order chi connectivity index (χ0) is 18.6. The van der Waals surface area contributed by atoms with Gasteiger partial charge in [0.05, 0.1) is 11.6 Å². The first kappa shape index (κ1) is 19.2. The van der Waals surface area contributed by atoms with Crippen LogP contribution in [0.2, 0.25) is 0 Å². The second-order valence-corrected chi connectivity index (χ2v) is 7.27. The standard InChI is InChI=1S/C18H26FN3O3/c1-18(2,3)25-17(24)22-8-4-5-13(11-22)16(23)21-15-9-12(10-20)6-7-14(15)19/h6-7,9,13H,4-5,8,10-11,20H2,1-3H3,(H,21,23). The molecule has 1 aliphatic heterocycles. The maximum absolute atomic E-state index is 13.9. The third kappa shape index (κ3) is 5.42. The molecule has 0 bridgehead atoms. The minimum absolute atomic E-state index is 0.113. The lowest BCUT2D eigenvalue weighted by Crippen LogP contribution is -2.45. The predicted molar refractivity (Wildman–Crippen MR) is 93.5 cm³/mol. The van der Waals surface area contributed by atoms with Crippen LogP contribution in [0, 0.1) is 11.7 Å². The number of amides is 2. The Kier molecular flexibility index (Phi) is 6.00. The second-order valence-electron chi connectivity index (χ2n) is 7.27. The lowest BCUT2D eigenvalue weighted by molar-refractivity contribution is -0.121. The fraction of sp³-hybridized carbons (Fsp3) is 0.556. The van der Waals surface area contributed by atoms with Crippen LogP contribution in [0.5, 0.6) is 0 Å². The van der Waals surface area contributed by atoms with E-state index in [1.807, 2.05) is 0 Å². The minimum Gasteiger partial charge on any atom is -0.444 e. The topological polar surface area (TPSA) is 84.7 Å². The smallest absolute Gasteiger partial charge is 0.410 e. The van der Waals surface area contributed by atoms with Crippen LogP contribution in [0.1, 0.15) is 39.2 Å². The van der Waals surface area contributed by atoms with Gasteiger partial charge in [-0.15, -0.1) is 0 Å². The summed E-state index contributed by atoms with van der Waals surface area (Å²) in [5, 5.41) is 2.61. The highest BCUT2D eigenvalue weighted by Crippen LogP contribution is 2.22. The van der Waals surface area contributed by atoms with Gasteiger partial charge >= 0.3 is 6.09 Å². The Balaban J connectivity index is 2.01. The Morgan fingerprint density at radius 2 is 2.12 bits per heavy atom. The van der Waals surface area contributed by atoms with Crippen LogP contribution in [0.3, 0.4) is 0 Å². The summed E-state index contributed by atoms with van der Waals surface area (Å²) in [6.45, 7) is 6.47. The molecule has 0 radical (unpaired) electrons. The average molecular weight is 351 g/mol. The molecule has 2 rings (SSSR count). The van der Waals surface area contributed by atoms with Crippen molar-refractivity contribution in [2.24, 2.45) is 11.7 Å². The fourth-order valence-corrected chi connectivity index (χ4v) is 2.71. The van der Waals surface area contributed by atoms with E-state index in [1.165, 1.54) is 17.0 Å². The van der Waals surface area contributed by atoms with Crippen molar-refractivity contribution in [2.75, 3.05) is 18.4 Å². The van der Waals surface area contributed by atoms with E-state index in [-0.39, 0.29) is 24.7 Å². The molecular weight excluding hydrogens is 325 g/mol. The van der Waals surface area contributed by atoms with Gasteiger partial charge in [-0.25, -0.2) is 9.18 Å². The monoisotopic (exact) mass is 351 g/mol. The summed E-state index contributed by atoms with van der Waals surface area (Å²) in [5.74, 6) is -1.21. The molecular formula is C18H26FN3O3. The number of ether oxygens (including phenoxy) is 1. The summed E-state index contributed by atoms with van der Waals surface area (Å²) in [6, 6.07) is 4.39. The van der Waals surface area contributed by atoms with Gasteiger partial charge in [0.2, 0.25) is 5.91 Å². The molecule has 1 heterocycles. The van der Waals surface area contributed by atoms with Crippen LogP contribution in [-0.2, 0) is 16.1 Å². The minimum atomic E-state index is -0.585. The molecule has 1 unspecified atom stereocenters. The third-order valence-corrected chi connectivity index (χ3v) is 3.97. The van der Waals surface area contributed by atoms with E-state index < -0.39 is 23.4 Å². The van der Waals surface area contributed by atoms with E-state index in [0.717, 1.165) is 5.56 Å². The molecule has 2 amide bonds. The highest BCUT2D eigenvalue weighted by Gasteiger charge is 2.31. The van der Waals surface area contributed by atoms with Crippen LogP contribution >= 0.6 is 0 Å². The first-order valence-electron chi connectivity index (χ1n) is 8.47. The van der Waals surface area contributed by atoms with Crippen molar-refractivity contribution >= 4 is 17.7 Å². The summed E-state index contributed by atoms with van der Waals surface area (Å²) in [5.41, 5.74) is 5.81. The summed E-state index contributed by atoms with van der Waals surface area (Å²) >= 11 is 0. The van der Waals surface area contributed by atoms with Gasteiger partial charge in [0.15, 0.2) is 0 Å². The van der Waals surface area contributed by atoms with Crippen molar-refractivity contribution in [1.82, 2.24) is 4.90 Å². The Hall–Kier alpha value is -2.15. The van der Waals surface area contributed by atoms with Gasteiger partial charge in [-0.2, -0.15) is 0 Å². The van der Waals surface area contributed by atoms with Gasteiger partial charge < -0.3 is 20.7 Å². The lowest BCUT2D eigenvalue weighted by Gasteiger charge is -2.33. The summed E-state index contributed by atoms with van der Waals surface area (Å²) in [6.07, 6.45) is 0.910. The van der Waals surface area contributed by atoms with E-state index in [9.17, 15) is 14.0 Å². The molecule has 1 aromatic rings. The van der Waals surface area contributed by atoms with Crippen molar-refractivity contribution in [3.63, 3.8) is 0 Å². The van der Waals surface area contributed by atoms with Crippen LogP contribution in [-0.4, -0.2) is 35.6 Å². The second kappa shape index (κ2) is 7.82. The van der Waals surface area contributed by atoms with Gasteiger partial charge in [-0.1, -0.05) is 6.07 Å². The van der Waals surface area contributed by atoms with Crippen LogP contribution < -0.4 is 11.1 Å². The van der Waals surface area contributed by atoms with Crippen molar-refractivity contribution in [1.29, 1.82) is 0 Å². The van der Waals surface area contributed by atoms with Gasteiger partial charge in [0, 0.05) is 19.6 Å². The Morgan fingerprint density at radius 3 is 2.76 bits per heavy atom. The summed E-state index contributed by atoms with van der Waals surface area (Å²) in [7, 11) is 0. The molecule has 6 nitrogen and oxygen atoms in total. The van der Waals surface area contributed by atoms with E-state index in [1.54, 1.807) is 26.8 Å². The largest absolute Gasteiger partial charge is 0.444 e. The average Bonchev–Trinajstić information content (AvgIpc) is 2.55. The first-order chi connectivity index (χ1) is 11.7. The number of benzene rings is 1. The quantitative estimate of drug-likeness (QED) is 0.877. The number of nitrogens with zero attached hydrogens (tertiary/aromatic N) is 1. The molecule has 138 valence electrons. The van der Waals surface area contributed by atoms with E-state index >= 15 is 0 Å². The SMILES string of the molecule is CC(C)(C)OC(=O)N1CCCC(C(=O)Nc2cc(CN)ccc2F)C1. The molecule has 1 aromatic carbocycles. The van der Waals surface area contributed by atoms with Gasteiger partial charge in [0.1, 0.15) is 11.4 Å². The van der Waals surface area contributed by atoms with E-state index in [2.05, 4.69) is 5.32 Å². The van der Waals surface area contributed by atoms with Gasteiger partial charge in [-0.3, -0.25) is 4.79 Å². The lowest BCUT2D eigenvalue weighted by atomic mass is 9.97. The zero-order valence-electron chi connectivity index (χ0n) is 15.0. The number of hydrogen-bond acceptors (Lipinski definition) is 4. The Labute approximate surface area is 147 Å². The zero-order valence-corrected chi connectivity index (χ0v) is 15.0. The molecule has 1 aliphatic rings.